The highest BCUT2D eigenvalue weighted by Crippen LogP contribution is 2.23. The third-order valence-corrected chi connectivity index (χ3v) is 4.31. The molecule has 0 aliphatic carbocycles. The fourth-order valence-corrected chi connectivity index (χ4v) is 2.89. The van der Waals surface area contributed by atoms with Gasteiger partial charge < -0.3 is 4.42 Å². The molecular weight excluding hydrogens is 330 g/mol. The number of fused-ring (bicyclic) bond motifs is 1. The van der Waals surface area contributed by atoms with Crippen LogP contribution in [0, 0.1) is 0 Å². The number of rotatable bonds is 3. The van der Waals surface area contributed by atoms with E-state index < -0.39 is 0 Å². The van der Waals surface area contributed by atoms with Gasteiger partial charge in [-0.1, -0.05) is 54.1 Å². The summed E-state index contributed by atoms with van der Waals surface area (Å²) in [5, 5.41) is 2.64. The molecule has 3 aromatic carbocycles. The topological polar surface area (TPSA) is 25.5 Å². The van der Waals surface area contributed by atoms with Crippen molar-refractivity contribution in [3.63, 3.8) is 0 Å². The molecule has 2 nitrogen and oxygen atoms in total. The smallest absolute Gasteiger partial charge is 0.136 e. The first-order valence-electron chi connectivity index (χ1n) is 8.13. The fraction of sp³-hybridized carbons (Fsp3) is 0.0455. The van der Waals surface area contributed by atoms with E-state index in [1.54, 1.807) is 0 Å². The van der Waals surface area contributed by atoms with Crippen molar-refractivity contribution in [2.45, 2.75) is 6.54 Å². The molecule has 0 aliphatic heterocycles. The van der Waals surface area contributed by atoms with Crippen LogP contribution in [0.25, 0.3) is 22.3 Å². The largest absolute Gasteiger partial charge is 0.456 e. The molecule has 0 spiro atoms. The molecule has 0 unspecified atom stereocenters. The zero-order chi connectivity index (χ0) is 17.1. The van der Waals surface area contributed by atoms with E-state index in [0.29, 0.717) is 11.6 Å². The van der Waals surface area contributed by atoms with E-state index in [9.17, 15) is 0 Å². The molecule has 1 aromatic heterocycles. The van der Waals surface area contributed by atoms with Crippen molar-refractivity contribution in [2.75, 3.05) is 0 Å². The second-order valence-corrected chi connectivity index (χ2v) is 6.24. The zero-order valence-electron chi connectivity index (χ0n) is 13.5. The van der Waals surface area contributed by atoms with E-state index >= 15 is 0 Å². The van der Waals surface area contributed by atoms with Crippen LogP contribution in [0.4, 0.5) is 0 Å². The molecule has 1 heterocycles. The maximum absolute atomic E-state index is 6.08. The molecule has 0 amide bonds. The van der Waals surface area contributed by atoms with Gasteiger partial charge in [0, 0.05) is 22.0 Å². The normalized spacial score (nSPS) is 11.8. The SMILES string of the molecule is Clc1ccc(-c2cc(=NCc3ccccc3)c3ccccc3o2)cc1. The van der Waals surface area contributed by atoms with Crippen LogP contribution >= 0.6 is 11.6 Å². The van der Waals surface area contributed by atoms with Crippen molar-refractivity contribution in [3.8, 4) is 11.3 Å². The maximum Gasteiger partial charge on any atom is 0.136 e. The summed E-state index contributed by atoms with van der Waals surface area (Å²) in [5.74, 6) is 0.780. The van der Waals surface area contributed by atoms with E-state index in [2.05, 4.69) is 12.1 Å². The summed E-state index contributed by atoms with van der Waals surface area (Å²) >= 11 is 5.99. The summed E-state index contributed by atoms with van der Waals surface area (Å²) < 4.78 is 6.08. The molecule has 0 fully saturated rings. The molecular formula is C22H16ClNO. The van der Waals surface area contributed by atoms with Crippen LogP contribution in [0.3, 0.4) is 0 Å². The van der Waals surface area contributed by atoms with Crippen LogP contribution < -0.4 is 5.36 Å². The maximum atomic E-state index is 6.08. The molecule has 0 aliphatic rings. The minimum atomic E-state index is 0.634. The Labute approximate surface area is 151 Å². The molecule has 0 saturated heterocycles. The average Bonchev–Trinajstić information content (AvgIpc) is 2.67. The number of para-hydroxylation sites is 1. The van der Waals surface area contributed by atoms with Crippen molar-refractivity contribution in [1.29, 1.82) is 0 Å². The Morgan fingerprint density at radius 1 is 0.800 bits per heavy atom. The molecule has 0 radical (unpaired) electrons. The monoisotopic (exact) mass is 345 g/mol. The lowest BCUT2D eigenvalue weighted by atomic mass is 10.1. The third-order valence-electron chi connectivity index (χ3n) is 4.05. The summed E-state index contributed by atoms with van der Waals surface area (Å²) in [6.45, 7) is 0.634. The van der Waals surface area contributed by atoms with E-state index in [4.69, 9.17) is 21.0 Å². The molecule has 0 atom stereocenters. The highest BCUT2D eigenvalue weighted by molar-refractivity contribution is 6.30. The summed E-state index contributed by atoms with van der Waals surface area (Å²) in [5.41, 5.74) is 2.98. The standard InChI is InChI=1S/C22H16ClNO/c23-18-12-10-17(11-13-18)22-14-20(19-8-4-5-9-21(19)25-22)24-15-16-6-2-1-3-7-16/h1-14H,15H2. The molecule has 4 rings (SSSR count). The molecule has 3 heteroatoms. The number of nitrogens with zero attached hydrogens (tertiary/aromatic N) is 1. The lowest BCUT2D eigenvalue weighted by Crippen LogP contribution is -2.04. The first-order chi connectivity index (χ1) is 12.3. The van der Waals surface area contributed by atoms with Gasteiger partial charge in [-0.25, -0.2) is 0 Å². The summed E-state index contributed by atoms with van der Waals surface area (Å²) in [6, 6.07) is 27.8. The number of hydrogen-bond donors (Lipinski definition) is 0. The summed E-state index contributed by atoms with van der Waals surface area (Å²) in [4.78, 5) is 4.82. The highest BCUT2D eigenvalue weighted by atomic mass is 35.5. The summed E-state index contributed by atoms with van der Waals surface area (Å²) in [7, 11) is 0. The second-order valence-electron chi connectivity index (χ2n) is 5.80. The molecule has 0 saturated carbocycles. The van der Waals surface area contributed by atoms with Crippen LogP contribution in [-0.4, -0.2) is 0 Å². The van der Waals surface area contributed by atoms with Crippen molar-refractivity contribution in [2.24, 2.45) is 4.99 Å². The second kappa shape index (κ2) is 6.96. The zero-order valence-corrected chi connectivity index (χ0v) is 14.3. The third kappa shape index (κ3) is 3.49. The van der Waals surface area contributed by atoms with Gasteiger partial charge in [0.2, 0.25) is 0 Å². The Morgan fingerprint density at radius 3 is 2.32 bits per heavy atom. The van der Waals surface area contributed by atoms with Gasteiger partial charge in [0.05, 0.1) is 11.9 Å². The van der Waals surface area contributed by atoms with Gasteiger partial charge in [0.1, 0.15) is 11.3 Å². The fourth-order valence-electron chi connectivity index (χ4n) is 2.76. The van der Waals surface area contributed by atoms with Crippen molar-refractivity contribution < 1.29 is 4.42 Å². The van der Waals surface area contributed by atoms with Crippen LogP contribution in [0.15, 0.2) is 94.3 Å². The Hall–Kier alpha value is -2.84. The van der Waals surface area contributed by atoms with Crippen LogP contribution in [0.5, 0.6) is 0 Å². The quantitative estimate of drug-likeness (QED) is 0.457. The van der Waals surface area contributed by atoms with Gasteiger partial charge in [-0.3, -0.25) is 4.99 Å². The summed E-state index contributed by atoms with van der Waals surface area (Å²) in [6.07, 6.45) is 0. The van der Waals surface area contributed by atoms with Gasteiger partial charge >= 0.3 is 0 Å². The predicted molar refractivity (Wildman–Crippen MR) is 102 cm³/mol. The van der Waals surface area contributed by atoms with E-state index in [1.807, 2.05) is 72.8 Å². The van der Waals surface area contributed by atoms with Crippen molar-refractivity contribution in [1.82, 2.24) is 0 Å². The first-order valence-corrected chi connectivity index (χ1v) is 8.51. The van der Waals surface area contributed by atoms with E-state index in [0.717, 1.165) is 27.7 Å². The van der Waals surface area contributed by atoms with Crippen LogP contribution in [0.2, 0.25) is 5.02 Å². The number of hydrogen-bond acceptors (Lipinski definition) is 2. The molecule has 122 valence electrons. The van der Waals surface area contributed by atoms with E-state index in [-0.39, 0.29) is 0 Å². The number of benzene rings is 3. The minimum Gasteiger partial charge on any atom is -0.456 e. The molecule has 25 heavy (non-hydrogen) atoms. The highest BCUT2D eigenvalue weighted by Gasteiger charge is 2.05. The lowest BCUT2D eigenvalue weighted by molar-refractivity contribution is 0.618. The van der Waals surface area contributed by atoms with Crippen molar-refractivity contribution in [3.05, 3.63) is 101 Å². The van der Waals surface area contributed by atoms with Gasteiger partial charge in [-0.2, -0.15) is 0 Å². The van der Waals surface area contributed by atoms with Crippen LogP contribution in [-0.2, 0) is 6.54 Å². The van der Waals surface area contributed by atoms with Crippen molar-refractivity contribution >= 4 is 22.6 Å². The van der Waals surface area contributed by atoms with Gasteiger partial charge in [0.25, 0.3) is 0 Å². The molecule has 0 bridgehead atoms. The van der Waals surface area contributed by atoms with Gasteiger partial charge in [-0.05, 0) is 42.0 Å². The first kappa shape index (κ1) is 15.7. The van der Waals surface area contributed by atoms with E-state index in [1.165, 1.54) is 5.56 Å². The average molecular weight is 346 g/mol. The molecule has 4 aromatic rings. The predicted octanol–water partition coefficient (Wildman–Crippen LogP) is 5.85. The van der Waals surface area contributed by atoms with Gasteiger partial charge in [0.15, 0.2) is 0 Å². The molecule has 0 N–H and O–H groups in total. The Kier molecular flexibility index (Phi) is 4.36. The Bertz CT molecular complexity index is 1070. The van der Waals surface area contributed by atoms with Gasteiger partial charge in [-0.15, -0.1) is 0 Å². The number of halogens is 1. The Balaban J connectivity index is 1.85. The Morgan fingerprint density at radius 2 is 1.52 bits per heavy atom. The minimum absolute atomic E-state index is 0.634. The van der Waals surface area contributed by atoms with Crippen LogP contribution in [0.1, 0.15) is 5.56 Å². The lowest BCUT2D eigenvalue weighted by Gasteiger charge is -2.05.